The number of amides is 1. The standard InChI is InChI=1S/C12H9BrFN3O2/c13-6-1-2-7(14)10(5-6)19-12-8(15)3-4-9(17-12)11(16)18/h1-5H,15H2,(H2,16,18). The number of anilines is 1. The average molecular weight is 326 g/mol. The summed E-state index contributed by atoms with van der Waals surface area (Å²) >= 11 is 3.19. The first-order valence-electron chi connectivity index (χ1n) is 5.16. The van der Waals surface area contributed by atoms with Crippen LogP contribution in [-0.4, -0.2) is 10.9 Å². The topological polar surface area (TPSA) is 91.2 Å². The predicted molar refractivity (Wildman–Crippen MR) is 71.3 cm³/mol. The summed E-state index contributed by atoms with van der Waals surface area (Å²) in [5.41, 5.74) is 10.9. The van der Waals surface area contributed by atoms with Crippen molar-refractivity contribution in [3.63, 3.8) is 0 Å². The highest BCUT2D eigenvalue weighted by atomic mass is 79.9. The fourth-order valence-electron chi connectivity index (χ4n) is 1.33. The maximum absolute atomic E-state index is 13.5. The molecule has 0 radical (unpaired) electrons. The summed E-state index contributed by atoms with van der Waals surface area (Å²) < 4.78 is 19.4. The monoisotopic (exact) mass is 325 g/mol. The first-order valence-corrected chi connectivity index (χ1v) is 5.96. The number of aromatic nitrogens is 1. The van der Waals surface area contributed by atoms with E-state index >= 15 is 0 Å². The molecule has 0 spiro atoms. The van der Waals surface area contributed by atoms with Crippen molar-refractivity contribution in [2.24, 2.45) is 5.73 Å². The molecule has 4 N–H and O–H groups in total. The Bertz CT molecular complexity index is 649. The van der Waals surface area contributed by atoms with E-state index in [4.69, 9.17) is 16.2 Å². The molecule has 0 saturated heterocycles. The number of carbonyl (C=O) groups is 1. The van der Waals surface area contributed by atoms with E-state index in [0.29, 0.717) is 4.47 Å². The zero-order chi connectivity index (χ0) is 14.0. The molecular weight excluding hydrogens is 317 g/mol. The van der Waals surface area contributed by atoms with Gasteiger partial charge < -0.3 is 16.2 Å². The third-order valence-electron chi connectivity index (χ3n) is 2.24. The van der Waals surface area contributed by atoms with E-state index in [2.05, 4.69) is 20.9 Å². The minimum Gasteiger partial charge on any atom is -0.434 e. The van der Waals surface area contributed by atoms with Crippen LogP contribution in [0.2, 0.25) is 0 Å². The number of ether oxygens (including phenoxy) is 1. The number of rotatable bonds is 3. The molecule has 1 aromatic carbocycles. The van der Waals surface area contributed by atoms with Crippen molar-refractivity contribution in [3.05, 3.63) is 46.3 Å². The molecule has 0 aliphatic rings. The van der Waals surface area contributed by atoms with Gasteiger partial charge in [0.15, 0.2) is 11.6 Å². The number of hydrogen-bond donors (Lipinski definition) is 2. The van der Waals surface area contributed by atoms with Crippen LogP contribution in [0.3, 0.4) is 0 Å². The van der Waals surface area contributed by atoms with Crippen LogP contribution >= 0.6 is 15.9 Å². The largest absolute Gasteiger partial charge is 0.434 e. The second-order valence-electron chi connectivity index (χ2n) is 3.63. The Hall–Kier alpha value is -2.15. The number of nitrogens with zero attached hydrogens (tertiary/aromatic N) is 1. The van der Waals surface area contributed by atoms with Gasteiger partial charge in [0, 0.05) is 4.47 Å². The lowest BCUT2D eigenvalue weighted by molar-refractivity contribution is 0.0995. The van der Waals surface area contributed by atoms with Crippen LogP contribution in [0.15, 0.2) is 34.8 Å². The summed E-state index contributed by atoms with van der Waals surface area (Å²) in [4.78, 5) is 14.9. The summed E-state index contributed by atoms with van der Waals surface area (Å²) in [6, 6.07) is 6.96. The second kappa shape index (κ2) is 5.23. The van der Waals surface area contributed by atoms with Crippen LogP contribution < -0.4 is 16.2 Å². The van der Waals surface area contributed by atoms with Gasteiger partial charge in [-0.05, 0) is 30.3 Å². The molecule has 0 saturated carbocycles. The quantitative estimate of drug-likeness (QED) is 0.906. The predicted octanol–water partition coefficient (Wildman–Crippen LogP) is 2.46. The van der Waals surface area contributed by atoms with Crippen LogP contribution in [0.4, 0.5) is 10.1 Å². The van der Waals surface area contributed by atoms with E-state index in [1.165, 1.54) is 30.3 Å². The Morgan fingerprint density at radius 2 is 2.05 bits per heavy atom. The number of nitrogens with two attached hydrogens (primary N) is 2. The SMILES string of the molecule is NC(=O)c1ccc(N)c(Oc2cc(Br)ccc2F)n1. The van der Waals surface area contributed by atoms with Gasteiger partial charge in [-0.15, -0.1) is 0 Å². The van der Waals surface area contributed by atoms with Crippen molar-refractivity contribution in [1.82, 2.24) is 4.98 Å². The van der Waals surface area contributed by atoms with Crippen LogP contribution in [0.5, 0.6) is 11.6 Å². The van der Waals surface area contributed by atoms with Crippen molar-refractivity contribution in [1.29, 1.82) is 0 Å². The van der Waals surface area contributed by atoms with Crippen molar-refractivity contribution in [2.45, 2.75) is 0 Å². The highest BCUT2D eigenvalue weighted by Gasteiger charge is 2.12. The Labute approximate surface area is 116 Å². The molecule has 1 heterocycles. The number of carbonyl (C=O) groups excluding carboxylic acids is 1. The van der Waals surface area contributed by atoms with Gasteiger partial charge in [-0.1, -0.05) is 15.9 Å². The first-order chi connectivity index (χ1) is 8.97. The van der Waals surface area contributed by atoms with Gasteiger partial charge in [0.1, 0.15) is 5.69 Å². The van der Waals surface area contributed by atoms with Crippen LogP contribution in [-0.2, 0) is 0 Å². The van der Waals surface area contributed by atoms with E-state index < -0.39 is 11.7 Å². The van der Waals surface area contributed by atoms with Crippen molar-refractivity contribution >= 4 is 27.5 Å². The van der Waals surface area contributed by atoms with Gasteiger partial charge in [-0.3, -0.25) is 4.79 Å². The van der Waals surface area contributed by atoms with Crippen molar-refractivity contribution < 1.29 is 13.9 Å². The van der Waals surface area contributed by atoms with E-state index in [1.54, 1.807) is 0 Å². The lowest BCUT2D eigenvalue weighted by atomic mass is 10.3. The van der Waals surface area contributed by atoms with Crippen LogP contribution in [0.1, 0.15) is 10.5 Å². The van der Waals surface area contributed by atoms with Gasteiger partial charge in [-0.25, -0.2) is 9.37 Å². The molecule has 19 heavy (non-hydrogen) atoms. The fourth-order valence-corrected chi connectivity index (χ4v) is 1.67. The average Bonchev–Trinajstić information content (AvgIpc) is 2.36. The van der Waals surface area contributed by atoms with E-state index in [0.717, 1.165) is 0 Å². The zero-order valence-corrected chi connectivity index (χ0v) is 11.1. The van der Waals surface area contributed by atoms with Gasteiger partial charge in [0.2, 0.25) is 5.88 Å². The molecule has 5 nitrogen and oxygen atoms in total. The Morgan fingerprint density at radius 1 is 1.32 bits per heavy atom. The van der Waals surface area contributed by atoms with Crippen molar-refractivity contribution in [3.8, 4) is 11.6 Å². The van der Waals surface area contributed by atoms with E-state index in [9.17, 15) is 9.18 Å². The molecule has 1 aromatic heterocycles. The lowest BCUT2D eigenvalue weighted by Crippen LogP contribution is -2.13. The third kappa shape index (κ3) is 3.00. The Balaban J connectivity index is 2.40. The number of benzene rings is 1. The van der Waals surface area contributed by atoms with Gasteiger partial charge in [-0.2, -0.15) is 0 Å². The number of primary amides is 1. The molecule has 7 heteroatoms. The highest BCUT2D eigenvalue weighted by Crippen LogP contribution is 2.29. The molecular formula is C12H9BrFN3O2. The second-order valence-corrected chi connectivity index (χ2v) is 4.55. The molecule has 0 aliphatic carbocycles. The Morgan fingerprint density at radius 3 is 2.74 bits per heavy atom. The van der Waals surface area contributed by atoms with Gasteiger partial charge in [0.05, 0.1) is 5.69 Å². The summed E-state index contributed by atoms with van der Waals surface area (Å²) in [6.45, 7) is 0. The van der Waals surface area contributed by atoms with Crippen LogP contribution in [0.25, 0.3) is 0 Å². The lowest BCUT2D eigenvalue weighted by Gasteiger charge is -2.09. The highest BCUT2D eigenvalue weighted by molar-refractivity contribution is 9.10. The molecule has 0 fully saturated rings. The molecule has 2 rings (SSSR count). The number of halogens is 2. The van der Waals surface area contributed by atoms with Gasteiger partial charge >= 0.3 is 0 Å². The fraction of sp³-hybridized carbons (Fsp3) is 0. The summed E-state index contributed by atoms with van der Waals surface area (Å²) in [6.07, 6.45) is 0. The molecule has 0 bridgehead atoms. The molecule has 0 aliphatic heterocycles. The first kappa shape index (κ1) is 13.3. The number of pyridine rings is 1. The van der Waals surface area contributed by atoms with Gasteiger partial charge in [0.25, 0.3) is 5.91 Å². The maximum Gasteiger partial charge on any atom is 0.267 e. The molecule has 0 unspecified atom stereocenters. The molecule has 98 valence electrons. The smallest absolute Gasteiger partial charge is 0.267 e. The number of nitrogen functional groups attached to an aromatic ring is 1. The molecule has 1 amide bonds. The molecule has 2 aromatic rings. The summed E-state index contributed by atoms with van der Waals surface area (Å²) in [5, 5.41) is 0. The normalized spacial score (nSPS) is 10.2. The Kier molecular flexibility index (Phi) is 3.66. The third-order valence-corrected chi connectivity index (χ3v) is 2.74. The van der Waals surface area contributed by atoms with Crippen LogP contribution in [0, 0.1) is 5.82 Å². The van der Waals surface area contributed by atoms with Crippen molar-refractivity contribution in [2.75, 3.05) is 5.73 Å². The summed E-state index contributed by atoms with van der Waals surface area (Å²) in [7, 11) is 0. The summed E-state index contributed by atoms with van der Waals surface area (Å²) in [5.74, 6) is -1.43. The van der Waals surface area contributed by atoms with E-state index in [-0.39, 0.29) is 23.0 Å². The van der Waals surface area contributed by atoms with E-state index in [1.807, 2.05) is 0 Å². The molecule has 0 atom stereocenters. The number of hydrogen-bond acceptors (Lipinski definition) is 4. The minimum atomic E-state index is -0.723. The minimum absolute atomic E-state index is 0.0143. The zero-order valence-electron chi connectivity index (χ0n) is 9.56. The maximum atomic E-state index is 13.5.